The summed E-state index contributed by atoms with van der Waals surface area (Å²) in [5, 5.41) is 14.7. The Morgan fingerprint density at radius 1 is 1.09 bits per heavy atom. The Labute approximate surface area is 185 Å². The van der Waals surface area contributed by atoms with E-state index in [-0.39, 0.29) is 22.8 Å². The zero-order valence-electron chi connectivity index (χ0n) is 17.4. The van der Waals surface area contributed by atoms with E-state index in [2.05, 4.69) is 30.3 Å². The Morgan fingerprint density at radius 3 is 2.58 bits per heavy atom. The Bertz CT molecular complexity index is 1310. The molecule has 3 aromatic heterocycles. The van der Waals surface area contributed by atoms with Crippen molar-refractivity contribution in [2.45, 2.75) is 20.2 Å². The number of nitrogens with one attached hydrogen (secondary N) is 1. The molecule has 4 rings (SSSR count). The number of para-hydroxylation sites is 1. The quantitative estimate of drug-likeness (QED) is 0.465. The van der Waals surface area contributed by atoms with Gasteiger partial charge in [0.1, 0.15) is 5.75 Å². The molecular formula is C21H17F3N6O3. The number of rotatable bonds is 6. The van der Waals surface area contributed by atoms with Crippen molar-refractivity contribution in [2.24, 2.45) is 0 Å². The van der Waals surface area contributed by atoms with Crippen LogP contribution in [0.4, 0.5) is 19.0 Å². The van der Waals surface area contributed by atoms with Crippen molar-refractivity contribution in [1.82, 2.24) is 24.8 Å². The van der Waals surface area contributed by atoms with Gasteiger partial charge in [-0.1, -0.05) is 12.1 Å². The fourth-order valence-electron chi connectivity index (χ4n) is 3.13. The number of ether oxygens (including phenoxy) is 2. The number of carbonyl (C=O) groups excluding carboxylic acids is 1. The third-order valence-corrected chi connectivity index (χ3v) is 4.43. The van der Waals surface area contributed by atoms with E-state index in [1.54, 1.807) is 32.0 Å². The molecule has 0 radical (unpaired) electrons. The minimum Gasteiger partial charge on any atom is -0.477 e. The van der Waals surface area contributed by atoms with Crippen LogP contribution in [0.2, 0.25) is 0 Å². The summed E-state index contributed by atoms with van der Waals surface area (Å²) in [6.45, 7) is 3.85. The van der Waals surface area contributed by atoms with Gasteiger partial charge in [-0.25, -0.2) is 9.50 Å². The van der Waals surface area contributed by atoms with Gasteiger partial charge in [0.05, 0.1) is 18.0 Å². The molecule has 0 bridgehead atoms. The van der Waals surface area contributed by atoms with E-state index in [0.29, 0.717) is 23.8 Å². The van der Waals surface area contributed by atoms with Crippen LogP contribution < -0.4 is 14.8 Å². The Morgan fingerprint density at radius 2 is 1.88 bits per heavy atom. The minimum absolute atomic E-state index is 0.0942. The number of anilines is 1. The minimum atomic E-state index is -4.87. The summed E-state index contributed by atoms with van der Waals surface area (Å²) in [5.74, 6) is -0.488. The van der Waals surface area contributed by atoms with Gasteiger partial charge in [0.25, 0.3) is 5.91 Å². The highest BCUT2D eigenvalue weighted by Gasteiger charge is 2.32. The van der Waals surface area contributed by atoms with Gasteiger partial charge >= 0.3 is 6.36 Å². The number of hydrogen-bond donors (Lipinski definition) is 1. The van der Waals surface area contributed by atoms with Crippen molar-refractivity contribution in [3.05, 3.63) is 59.9 Å². The highest BCUT2D eigenvalue weighted by molar-refractivity contribution is 6.03. The van der Waals surface area contributed by atoms with Crippen molar-refractivity contribution in [3.63, 3.8) is 0 Å². The number of nitrogens with zero attached hydrogens (tertiary/aromatic N) is 5. The normalized spacial score (nSPS) is 11.4. The van der Waals surface area contributed by atoms with E-state index in [0.717, 1.165) is 0 Å². The van der Waals surface area contributed by atoms with E-state index in [1.807, 2.05) is 0 Å². The number of aryl methyl sites for hydroxylation is 1. The van der Waals surface area contributed by atoms with Crippen LogP contribution in [0.3, 0.4) is 0 Å². The molecule has 0 aliphatic carbocycles. The lowest BCUT2D eigenvalue weighted by Crippen LogP contribution is -2.18. The van der Waals surface area contributed by atoms with Gasteiger partial charge in [0.2, 0.25) is 5.88 Å². The second-order valence-corrected chi connectivity index (χ2v) is 6.72. The van der Waals surface area contributed by atoms with E-state index < -0.39 is 18.0 Å². The molecule has 1 aromatic carbocycles. The van der Waals surface area contributed by atoms with Crippen molar-refractivity contribution in [3.8, 4) is 22.9 Å². The van der Waals surface area contributed by atoms with Crippen LogP contribution in [0.15, 0.2) is 48.5 Å². The molecule has 0 atom stereocenters. The molecule has 1 amide bonds. The lowest BCUT2D eigenvalue weighted by molar-refractivity contribution is -0.274. The van der Waals surface area contributed by atoms with Gasteiger partial charge < -0.3 is 14.8 Å². The fourth-order valence-corrected chi connectivity index (χ4v) is 3.13. The van der Waals surface area contributed by atoms with Crippen molar-refractivity contribution in [1.29, 1.82) is 0 Å². The number of hydrogen-bond acceptors (Lipinski definition) is 7. The second kappa shape index (κ2) is 8.73. The van der Waals surface area contributed by atoms with Gasteiger partial charge in [0, 0.05) is 11.6 Å². The molecule has 0 aliphatic rings. The van der Waals surface area contributed by atoms with E-state index in [4.69, 9.17) is 4.74 Å². The van der Waals surface area contributed by atoms with Crippen LogP contribution in [0.5, 0.6) is 11.6 Å². The maximum atomic E-state index is 12.9. The first-order valence-corrected chi connectivity index (χ1v) is 9.74. The van der Waals surface area contributed by atoms with Crippen LogP contribution in [-0.4, -0.2) is 43.7 Å². The van der Waals surface area contributed by atoms with Gasteiger partial charge in [-0.3, -0.25) is 4.79 Å². The van der Waals surface area contributed by atoms with Crippen LogP contribution >= 0.6 is 0 Å². The summed E-state index contributed by atoms with van der Waals surface area (Å²) in [7, 11) is 0. The molecule has 0 unspecified atom stereocenters. The number of imidazole rings is 1. The van der Waals surface area contributed by atoms with Crippen molar-refractivity contribution >= 4 is 17.4 Å². The van der Waals surface area contributed by atoms with E-state index in [9.17, 15) is 18.0 Å². The third-order valence-electron chi connectivity index (χ3n) is 4.43. The average Bonchev–Trinajstić information content (AvgIpc) is 3.09. The summed E-state index contributed by atoms with van der Waals surface area (Å²) >= 11 is 0. The summed E-state index contributed by atoms with van der Waals surface area (Å²) < 4.78 is 49.0. The SMILES string of the molecule is CCOc1ccc(NC(=O)c2c(C)nc3ccc(-c4ccccc4OC(F)(F)F)nn23)nn1. The second-order valence-electron chi connectivity index (χ2n) is 6.72. The number of amides is 1. The lowest BCUT2D eigenvalue weighted by atomic mass is 10.1. The number of halogens is 3. The Hall–Kier alpha value is -4.22. The molecular weight excluding hydrogens is 441 g/mol. The zero-order chi connectivity index (χ0) is 23.6. The van der Waals surface area contributed by atoms with Crippen molar-refractivity contribution < 1.29 is 27.4 Å². The first kappa shape index (κ1) is 22.0. The number of carbonyl (C=O) groups is 1. The number of fused-ring (bicyclic) bond motifs is 1. The molecule has 0 spiro atoms. The molecule has 3 heterocycles. The zero-order valence-corrected chi connectivity index (χ0v) is 17.4. The maximum absolute atomic E-state index is 12.9. The first-order chi connectivity index (χ1) is 15.7. The summed E-state index contributed by atoms with van der Waals surface area (Å²) in [5.41, 5.74) is 1.07. The van der Waals surface area contributed by atoms with Crippen LogP contribution in [-0.2, 0) is 0 Å². The largest absolute Gasteiger partial charge is 0.573 e. The lowest BCUT2D eigenvalue weighted by Gasteiger charge is -2.13. The molecule has 0 saturated heterocycles. The van der Waals surface area contributed by atoms with Crippen LogP contribution in [0, 0.1) is 6.92 Å². The predicted octanol–water partition coefficient (Wildman–Crippen LogP) is 4.04. The average molecular weight is 458 g/mol. The molecule has 0 saturated carbocycles. The molecule has 170 valence electrons. The van der Waals surface area contributed by atoms with Crippen LogP contribution in [0.1, 0.15) is 23.1 Å². The smallest absolute Gasteiger partial charge is 0.477 e. The standard InChI is InChI=1S/C21H17F3N6O3/c1-3-32-18-11-9-16(27-28-18)26-20(31)19-12(2)25-17-10-8-14(29-30(17)19)13-6-4-5-7-15(13)33-21(22,23)24/h4-11H,3H2,1-2H3,(H,26,27,31). The molecule has 0 aliphatic heterocycles. The molecule has 1 N–H and O–H groups in total. The predicted molar refractivity (Wildman–Crippen MR) is 111 cm³/mol. The maximum Gasteiger partial charge on any atom is 0.573 e. The van der Waals surface area contributed by atoms with Gasteiger partial charge in [-0.15, -0.1) is 23.4 Å². The number of aromatic nitrogens is 5. The summed E-state index contributed by atoms with van der Waals surface area (Å²) in [6, 6.07) is 11.7. The number of alkyl halides is 3. The third kappa shape index (κ3) is 4.84. The van der Waals surface area contributed by atoms with E-state index >= 15 is 0 Å². The topological polar surface area (TPSA) is 104 Å². The van der Waals surface area contributed by atoms with Crippen LogP contribution in [0.25, 0.3) is 16.9 Å². The fraction of sp³-hybridized carbons (Fsp3) is 0.190. The van der Waals surface area contributed by atoms with Gasteiger partial charge in [-0.2, -0.15) is 5.10 Å². The van der Waals surface area contributed by atoms with E-state index in [1.165, 1.54) is 34.8 Å². The van der Waals surface area contributed by atoms with Gasteiger partial charge in [-0.05, 0) is 44.2 Å². The van der Waals surface area contributed by atoms with Gasteiger partial charge in [0.15, 0.2) is 17.2 Å². The summed E-state index contributed by atoms with van der Waals surface area (Å²) in [6.07, 6.45) is -4.87. The highest BCUT2D eigenvalue weighted by atomic mass is 19.4. The Kier molecular flexibility index (Phi) is 5.82. The molecule has 9 nitrogen and oxygen atoms in total. The van der Waals surface area contributed by atoms with Crippen molar-refractivity contribution in [2.75, 3.05) is 11.9 Å². The molecule has 33 heavy (non-hydrogen) atoms. The highest BCUT2D eigenvalue weighted by Crippen LogP contribution is 2.33. The molecule has 0 fully saturated rings. The Balaban J connectivity index is 1.69. The monoisotopic (exact) mass is 458 g/mol. The molecule has 12 heteroatoms. The first-order valence-electron chi connectivity index (χ1n) is 9.74. The number of benzene rings is 1. The summed E-state index contributed by atoms with van der Waals surface area (Å²) in [4.78, 5) is 17.2. The molecule has 4 aromatic rings.